The summed E-state index contributed by atoms with van der Waals surface area (Å²) in [5, 5.41) is 3.53. The quantitative estimate of drug-likeness (QED) is 0.187. The van der Waals surface area contributed by atoms with Crippen LogP contribution in [-0.4, -0.2) is 43.3 Å². The summed E-state index contributed by atoms with van der Waals surface area (Å²) < 4.78 is 29.6. The maximum absolute atomic E-state index is 14.6. The predicted molar refractivity (Wildman–Crippen MR) is 181 cm³/mol. The second-order valence-electron chi connectivity index (χ2n) is 11.9. The lowest BCUT2D eigenvalue weighted by Crippen LogP contribution is -2.56. The number of carbonyl (C=O) groups is 2. The highest BCUT2D eigenvalue weighted by molar-refractivity contribution is 7.92. The largest absolute Gasteiger partial charge is 0.350 e. The molecule has 0 saturated carbocycles. The molecule has 9 heteroatoms. The Balaban J connectivity index is 1.84. The van der Waals surface area contributed by atoms with Gasteiger partial charge in [-0.25, -0.2) is 8.42 Å². The van der Waals surface area contributed by atoms with Crippen molar-refractivity contribution in [2.45, 2.75) is 63.6 Å². The van der Waals surface area contributed by atoms with Crippen molar-refractivity contribution in [2.24, 2.45) is 0 Å². The highest BCUT2D eigenvalue weighted by atomic mass is 35.5. The van der Waals surface area contributed by atoms with E-state index in [4.69, 9.17) is 11.6 Å². The Bertz CT molecular complexity index is 1710. The van der Waals surface area contributed by atoms with Gasteiger partial charge in [0.25, 0.3) is 10.0 Å². The zero-order valence-corrected chi connectivity index (χ0v) is 27.7. The third kappa shape index (κ3) is 8.96. The molecule has 1 atom stereocenters. The van der Waals surface area contributed by atoms with E-state index >= 15 is 0 Å². The number of sulfonamides is 1. The lowest BCUT2D eigenvalue weighted by Gasteiger charge is -2.35. The highest BCUT2D eigenvalue weighted by Gasteiger charge is 2.36. The number of benzene rings is 4. The van der Waals surface area contributed by atoms with Gasteiger partial charge in [0.05, 0.1) is 10.6 Å². The van der Waals surface area contributed by atoms with Gasteiger partial charge >= 0.3 is 0 Å². The minimum absolute atomic E-state index is 0.0447. The summed E-state index contributed by atoms with van der Waals surface area (Å²) in [6, 6.07) is 30.8. The number of nitrogens with zero attached hydrogens (tertiary/aromatic N) is 2. The van der Waals surface area contributed by atoms with E-state index in [-0.39, 0.29) is 23.8 Å². The number of amides is 2. The lowest BCUT2D eigenvalue weighted by molar-refractivity contribution is -0.140. The molecule has 4 rings (SSSR count). The van der Waals surface area contributed by atoms with E-state index in [0.717, 1.165) is 15.4 Å². The van der Waals surface area contributed by atoms with Gasteiger partial charge in [-0.2, -0.15) is 0 Å². The molecule has 45 heavy (non-hydrogen) atoms. The lowest BCUT2D eigenvalue weighted by atomic mass is 10.0. The van der Waals surface area contributed by atoms with Crippen molar-refractivity contribution in [3.63, 3.8) is 0 Å². The van der Waals surface area contributed by atoms with E-state index < -0.39 is 34.1 Å². The van der Waals surface area contributed by atoms with Crippen LogP contribution < -0.4 is 9.62 Å². The van der Waals surface area contributed by atoms with Crippen molar-refractivity contribution in [1.29, 1.82) is 0 Å². The average Bonchev–Trinajstić information content (AvgIpc) is 3.01. The number of rotatable bonds is 12. The second-order valence-corrected chi connectivity index (χ2v) is 14.2. The summed E-state index contributed by atoms with van der Waals surface area (Å²) in [6.45, 7) is 7.11. The van der Waals surface area contributed by atoms with Crippen molar-refractivity contribution in [3.8, 4) is 0 Å². The second kappa shape index (κ2) is 14.8. The fourth-order valence-electron chi connectivity index (χ4n) is 5.12. The van der Waals surface area contributed by atoms with Crippen LogP contribution >= 0.6 is 11.6 Å². The molecule has 0 fully saturated rings. The molecule has 4 aromatic carbocycles. The van der Waals surface area contributed by atoms with Crippen LogP contribution in [0.4, 0.5) is 5.69 Å². The zero-order chi connectivity index (χ0) is 32.6. The minimum atomic E-state index is -4.16. The van der Waals surface area contributed by atoms with Gasteiger partial charge < -0.3 is 10.2 Å². The van der Waals surface area contributed by atoms with E-state index in [1.54, 1.807) is 48.5 Å². The molecule has 0 heterocycles. The van der Waals surface area contributed by atoms with Gasteiger partial charge in [-0.05, 0) is 74.2 Å². The molecular formula is C36H40ClN3O4S. The molecule has 0 spiro atoms. The van der Waals surface area contributed by atoms with Gasteiger partial charge in [0.2, 0.25) is 11.8 Å². The smallest absolute Gasteiger partial charge is 0.264 e. The van der Waals surface area contributed by atoms with E-state index in [1.807, 2.05) is 76.2 Å². The van der Waals surface area contributed by atoms with Crippen LogP contribution in [0.1, 0.15) is 44.4 Å². The Labute approximate surface area is 271 Å². The van der Waals surface area contributed by atoms with E-state index in [0.29, 0.717) is 22.7 Å². The summed E-state index contributed by atoms with van der Waals surface area (Å²) in [5.74, 6) is -0.862. The molecule has 2 amide bonds. The molecule has 0 aliphatic rings. The summed E-state index contributed by atoms with van der Waals surface area (Å²) in [5.41, 5.74) is 2.19. The van der Waals surface area contributed by atoms with Crippen molar-refractivity contribution >= 4 is 39.1 Å². The molecule has 0 unspecified atom stereocenters. The Morgan fingerprint density at radius 1 is 0.822 bits per heavy atom. The van der Waals surface area contributed by atoms with Gasteiger partial charge in [-0.15, -0.1) is 0 Å². The Morgan fingerprint density at radius 2 is 1.42 bits per heavy atom. The fourth-order valence-corrected chi connectivity index (χ4v) is 6.81. The van der Waals surface area contributed by atoms with E-state index in [1.165, 1.54) is 17.0 Å². The third-order valence-corrected chi connectivity index (χ3v) is 9.27. The zero-order valence-electron chi connectivity index (χ0n) is 26.1. The summed E-state index contributed by atoms with van der Waals surface area (Å²) >= 11 is 6.32. The molecule has 0 saturated heterocycles. The number of para-hydroxylation sites is 1. The summed E-state index contributed by atoms with van der Waals surface area (Å²) in [6.07, 6.45) is 0.786. The van der Waals surface area contributed by atoms with Gasteiger partial charge in [0, 0.05) is 23.5 Å². The Hall–Kier alpha value is -4.14. The maximum Gasteiger partial charge on any atom is 0.264 e. The minimum Gasteiger partial charge on any atom is -0.350 e. The SMILES string of the molecule is CCc1ccccc1N(CC(=O)N(Cc1cccc(Cl)c1)[C@@H](Cc1ccccc1)C(=O)NC(C)(C)C)S(=O)(=O)c1ccccc1. The van der Waals surface area contributed by atoms with Gasteiger partial charge in [0.15, 0.2) is 0 Å². The number of nitrogens with one attached hydrogen (secondary N) is 1. The molecule has 0 radical (unpaired) electrons. The maximum atomic E-state index is 14.6. The van der Waals surface area contributed by atoms with Gasteiger partial charge in [-0.1, -0.05) is 97.4 Å². The average molecular weight is 646 g/mol. The van der Waals surface area contributed by atoms with Crippen LogP contribution in [0.5, 0.6) is 0 Å². The van der Waals surface area contributed by atoms with Gasteiger partial charge in [-0.3, -0.25) is 13.9 Å². The number of anilines is 1. The predicted octanol–water partition coefficient (Wildman–Crippen LogP) is 6.65. The van der Waals surface area contributed by atoms with Crippen LogP contribution in [-0.2, 0) is 39.0 Å². The van der Waals surface area contributed by atoms with Crippen LogP contribution in [0.2, 0.25) is 5.02 Å². The monoisotopic (exact) mass is 645 g/mol. The number of carbonyl (C=O) groups excluding carboxylic acids is 2. The van der Waals surface area contributed by atoms with Crippen LogP contribution in [0.3, 0.4) is 0 Å². The molecule has 236 valence electrons. The highest BCUT2D eigenvalue weighted by Crippen LogP contribution is 2.28. The third-order valence-electron chi connectivity index (χ3n) is 7.26. The molecule has 0 aliphatic carbocycles. The first kappa shape index (κ1) is 33.7. The van der Waals surface area contributed by atoms with Crippen LogP contribution in [0, 0.1) is 0 Å². The van der Waals surface area contributed by atoms with Crippen LogP contribution in [0.15, 0.2) is 114 Å². The Morgan fingerprint density at radius 3 is 2.04 bits per heavy atom. The molecule has 4 aromatic rings. The molecule has 0 aliphatic heterocycles. The number of hydrogen-bond acceptors (Lipinski definition) is 4. The van der Waals surface area contributed by atoms with Crippen molar-refractivity contribution in [3.05, 3.63) is 131 Å². The van der Waals surface area contributed by atoms with E-state index in [9.17, 15) is 18.0 Å². The van der Waals surface area contributed by atoms with Crippen LogP contribution in [0.25, 0.3) is 0 Å². The summed E-state index contributed by atoms with van der Waals surface area (Å²) in [4.78, 5) is 30.1. The molecule has 0 bridgehead atoms. The normalized spacial score (nSPS) is 12.3. The van der Waals surface area contributed by atoms with Gasteiger partial charge in [0.1, 0.15) is 12.6 Å². The Kier molecular flexibility index (Phi) is 11.1. The first-order valence-electron chi connectivity index (χ1n) is 14.9. The topological polar surface area (TPSA) is 86.8 Å². The first-order valence-corrected chi connectivity index (χ1v) is 16.8. The van der Waals surface area contributed by atoms with Crippen molar-refractivity contribution < 1.29 is 18.0 Å². The summed E-state index contributed by atoms with van der Waals surface area (Å²) in [7, 11) is -4.16. The van der Waals surface area contributed by atoms with Crippen molar-refractivity contribution in [1.82, 2.24) is 10.2 Å². The van der Waals surface area contributed by atoms with Crippen molar-refractivity contribution in [2.75, 3.05) is 10.8 Å². The first-order chi connectivity index (χ1) is 21.4. The number of aryl methyl sites for hydroxylation is 1. The number of hydrogen-bond donors (Lipinski definition) is 1. The number of halogens is 1. The van der Waals surface area contributed by atoms with E-state index in [2.05, 4.69) is 5.32 Å². The molecule has 0 aromatic heterocycles. The molecular weight excluding hydrogens is 606 g/mol. The fraction of sp³-hybridized carbons (Fsp3) is 0.278. The molecule has 7 nitrogen and oxygen atoms in total. The molecule has 1 N–H and O–H groups in total. The standard InChI is InChI=1S/C36H40ClN3O4S/c1-5-29-18-12-13-22-32(29)40(45(43,44)31-20-10-7-11-21-31)26-34(41)39(25-28-17-14-19-30(37)23-28)33(35(42)38-36(2,3)4)24-27-15-8-6-9-16-27/h6-23,33H,5,24-26H2,1-4H3,(H,38,42)/t33-/m0/s1.